The number of ether oxygens (including phenoxy) is 1. The average Bonchev–Trinajstić information content (AvgIpc) is 3.21. The Kier molecular flexibility index (Phi) is 5.53. The zero-order chi connectivity index (χ0) is 12.6. The SMILES string of the molecule is CCCCCCOc1cccc(CNC2CC2)c1. The molecule has 0 unspecified atom stereocenters. The van der Waals surface area contributed by atoms with Crippen molar-refractivity contribution in [2.75, 3.05) is 6.61 Å². The number of rotatable bonds is 9. The number of hydrogen-bond donors (Lipinski definition) is 1. The molecule has 1 N–H and O–H groups in total. The molecule has 100 valence electrons. The fraction of sp³-hybridized carbons (Fsp3) is 0.625. The van der Waals surface area contributed by atoms with Crippen molar-refractivity contribution in [2.24, 2.45) is 0 Å². The molecule has 0 saturated heterocycles. The summed E-state index contributed by atoms with van der Waals surface area (Å²) >= 11 is 0. The smallest absolute Gasteiger partial charge is 0.119 e. The van der Waals surface area contributed by atoms with Crippen LogP contribution in [0.2, 0.25) is 0 Å². The van der Waals surface area contributed by atoms with Crippen molar-refractivity contribution in [3.63, 3.8) is 0 Å². The van der Waals surface area contributed by atoms with Crippen molar-refractivity contribution in [3.8, 4) is 5.75 Å². The van der Waals surface area contributed by atoms with Gasteiger partial charge in [0.15, 0.2) is 0 Å². The van der Waals surface area contributed by atoms with E-state index in [1.165, 1.54) is 44.1 Å². The molecular formula is C16H25NO. The van der Waals surface area contributed by atoms with Crippen LogP contribution in [0.3, 0.4) is 0 Å². The number of benzene rings is 1. The van der Waals surface area contributed by atoms with E-state index in [0.29, 0.717) is 0 Å². The van der Waals surface area contributed by atoms with Crippen LogP contribution in [0.25, 0.3) is 0 Å². The fourth-order valence-corrected chi connectivity index (χ4v) is 2.01. The molecule has 0 heterocycles. The molecule has 1 fully saturated rings. The van der Waals surface area contributed by atoms with Gasteiger partial charge < -0.3 is 10.1 Å². The number of unbranched alkanes of at least 4 members (excludes halogenated alkanes) is 3. The lowest BCUT2D eigenvalue weighted by molar-refractivity contribution is 0.304. The van der Waals surface area contributed by atoms with Gasteiger partial charge in [0.05, 0.1) is 6.61 Å². The first kappa shape index (κ1) is 13.4. The van der Waals surface area contributed by atoms with E-state index in [0.717, 1.165) is 24.9 Å². The van der Waals surface area contributed by atoms with Crippen LogP contribution in [0.4, 0.5) is 0 Å². The van der Waals surface area contributed by atoms with Crippen LogP contribution in [0.1, 0.15) is 51.0 Å². The first-order chi connectivity index (χ1) is 8.88. The molecule has 0 aliphatic heterocycles. The minimum Gasteiger partial charge on any atom is -0.494 e. The summed E-state index contributed by atoms with van der Waals surface area (Å²) in [4.78, 5) is 0. The second-order valence-corrected chi connectivity index (χ2v) is 5.21. The van der Waals surface area contributed by atoms with E-state index in [1.807, 2.05) is 0 Å². The normalized spacial score (nSPS) is 14.7. The molecule has 0 aromatic heterocycles. The average molecular weight is 247 g/mol. The predicted octanol–water partition coefficient (Wildman–Crippen LogP) is 3.90. The summed E-state index contributed by atoms with van der Waals surface area (Å²) in [5.74, 6) is 1.02. The van der Waals surface area contributed by atoms with Gasteiger partial charge in [-0.15, -0.1) is 0 Å². The summed E-state index contributed by atoms with van der Waals surface area (Å²) in [6.45, 7) is 4.05. The molecule has 0 radical (unpaired) electrons. The molecule has 0 spiro atoms. The summed E-state index contributed by atoms with van der Waals surface area (Å²) in [5.41, 5.74) is 1.33. The van der Waals surface area contributed by atoms with E-state index in [4.69, 9.17) is 4.74 Å². The van der Waals surface area contributed by atoms with Crippen molar-refractivity contribution in [1.82, 2.24) is 5.32 Å². The second kappa shape index (κ2) is 7.42. The standard InChI is InChI=1S/C16H25NO/c1-2-3-4-5-11-18-16-8-6-7-14(12-16)13-17-15-9-10-15/h6-8,12,15,17H,2-5,9-11,13H2,1H3. The van der Waals surface area contributed by atoms with Crippen LogP contribution in [0, 0.1) is 0 Å². The van der Waals surface area contributed by atoms with Gasteiger partial charge in [-0.05, 0) is 37.0 Å². The molecule has 2 nitrogen and oxygen atoms in total. The molecule has 1 aliphatic rings. The molecule has 0 atom stereocenters. The van der Waals surface area contributed by atoms with Gasteiger partial charge in [-0.2, -0.15) is 0 Å². The molecule has 1 saturated carbocycles. The Labute approximate surface area is 111 Å². The highest BCUT2D eigenvalue weighted by Gasteiger charge is 2.19. The highest BCUT2D eigenvalue weighted by molar-refractivity contribution is 5.28. The topological polar surface area (TPSA) is 21.3 Å². The predicted molar refractivity (Wildman–Crippen MR) is 75.9 cm³/mol. The molecular weight excluding hydrogens is 222 g/mol. The molecule has 1 aromatic carbocycles. The van der Waals surface area contributed by atoms with E-state index >= 15 is 0 Å². The Hall–Kier alpha value is -1.02. The van der Waals surface area contributed by atoms with Gasteiger partial charge in [-0.1, -0.05) is 38.3 Å². The van der Waals surface area contributed by atoms with Gasteiger partial charge in [-0.25, -0.2) is 0 Å². The summed E-state index contributed by atoms with van der Waals surface area (Å²) in [6, 6.07) is 9.24. The highest BCUT2D eigenvalue weighted by atomic mass is 16.5. The van der Waals surface area contributed by atoms with Crippen molar-refractivity contribution in [2.45, 2.75) is 58.0 Å². The van der Waals surface area contributed by atoms with E-state index in [1.54, 1.807) is 0 Å². The number of hydrogen-bond acceptors (Lipinski definition) is 2. The van der Waals surface area contributed by atoms with Crippen LogP contribution in [-0.4, -0.2) is 12.6 Å². The third-order valence-corrected chi connectivity index (χ3v) is 3.34. The van der Waals surface area contributed by atoms with Crippen LogP contribution >= 0.6 is 0 Å². The lowest BCUT2D eigenvalue weighted by Crippen LogP contribution is -2.15. The number of nitrogens with one attached hydrogen (secondary N) is 1. The van der Waals surface area contributed by atoms with Gasteiger partial charge in [0.25, 0.3) is 0 Å². The second-order valence-electron chi connectivity index (χ2n) is 5.21. The van der Waals surface area contributed by atoms with Gasteiger partial charge in [0.2, 0.25) is 0 Å². The van der Waals surface area contributed by atoms with Crippen molar-refractivity contribution in [1.29, 1.82) is 0 Å². The Morgan fingerprint density at radius 1 is 1.22 bits per heavy atom. The monoisotopic (exact) mass is 247 g/mol. The molecule has 0 bridgehead atoms. The van der Waals surface area contributed by atoms with E-state index in [9.17, 15) is 0 Å². The van der Waals surface area contributed by atoms with Crippen LogP contribution in [0.5, 0.6) is 5.75 Å². The molecule has 2 heteroatoms. The fourth-order valence-electron chi connectivity index (χ4n) is 2.01. The molecule has 0 amide bonds. The first-order valence-corrected chi connectivity index (χ1v) is 7.33. The minimum atomic E-state index is 0.767. The van der Waals surface area contributed by atoms with Gasteiger partial charge >= 0.3 is 0 Å². The van der Waals surface area contributed by atoms with Gasteiger partial charge in [0, 0.05) is 12.6 Å². The maximum absolute atomic E-state index is 5.79. The Bertz CT molecular complexity index is 347. The van der Waals surface area contributed by atoms with Crippen LogP contribution < -0.4 is 10.1 Å². The summed E-state index contributed by atoms with van der Waals surface area (Å²) in [5, 5.41) is 3.53. The zero-order valence-electron chi connectivity index (χ0n) is 11.5. The largest absolute Gasteiger partial charge is 0.494 e. The third kappa shape index (κ3) is 5.09. The minimum absolute atomic E-state index is 0.767. The maximum Gasteiger partial charge on any atom is 0.119 e. The molecule has 1 aliphatic carbocycles. The Balaban J connectivity index is 1.68. The maximum atomic E-state index is 5.79. The lowest BCUT2D eigenvalue weighted by Gasteiger charge is -2.08. The summed E-state index contributed by atoms with van der Waals surface area (Å²) < 4.78 is 5.79. The Morgan fingerprint density at radius 3 is 2.89 bits per heavy atom. The highest BCUT2D eigenvalue weighted by Crippen LogP contribution is 2.20. The van der Waals surface area contributed by atoms with Crippen molar-refractivity contribution < 1.29 is 4.74 Å². The summed E-state index contributed by atoms with van der Waals surface area (Å²) in [6.07, 6.45) is 7.72. The van der Waals surface area contributed by atoms with E-state index in [2.05, 4.69) is 36.5 Å². The summed E-state index contributed by atoms with van der Waals surface area (Å²) in [7, 11) is 0. The third-order valence-electron chi connectivity index (χ3n) is 3.34. The van der Waals surface area contributed by atoms with Crippen molar-refractivity contribution >= 4 is 0 Å². The van der Waals surface area contributed by atoms with Crippen LogP contribution in [0.15, 0.2) is 24.3 Å². The van der Waals surface area contributed by atoms with Gasteiger partial charge in [-0.3, -0.25) is 0 Å². The quantitative estimate of drug-likeness (QED) is 0.668. The lowest BCUT2D eigenvalue weighted by atomic mass is 10.2. The van der Waals surface area contributed by atoms with Crippen LogP contribution in [-0.2, 0) is 6.54 Å². The van der Waals surface area contributed by atoms with Crippen molar-refractivity contribution in [3.05, 3.63) is 29.8 Å². The molecule has 18 heavy (non-hydrogen) atoms. The molecule has 1 aromatic rings. The van der Waals surface area contributed by atoms with Gasteiger partial charge in [0.1, 0.15) is 5.75 Å². The van der Waals surface area contributed by atoms with E-state index in [-0.39, 0.29) is 0 Å². The molecule has 2 rings (SSSR count). The zero-order valence-corrected chi connectivity index (χ0v) is 11.5. The Morgan fingerprint density at radius 2 is 2.11 bits per heavy atom. The van der Waals surface area contributed by atoms with E-state index < -0.39 is 0 Å². The first-order valence-electron chi connectivity index (χ1n) is 7.33.